The smallest absolute Gasteiger partial charge is 0.271 e. The predicted octanol–water partition coefficient (Wildman–Crippen LogP) is 3.03. The van der Waals surface area contributed by atoms with Gasteiger partial charge in [0, 0.05) is 18.9 Å². The van der Waals surface area contributed by atoms with Gasteiger partial charge >= 0.3 is 0 Å². The summed E-state index contributed by atoms with van der Waals surface area (Å²) in [6.45, 7) is 0.546. The van der Waals surface area contributed by atoms with Crippen LogP contribution in [0.25, 0.3) is 0 Å². The Morgan fingerprint density at radius 2 is 1.88 bits per heavy atom. The lowest BCUT2D eigenvalue weighted by Gasteiger charge is -2.16. The van der Waals surface area contributed by atoms with Gasteiger partial charge in [-0.25, -0.2) is 8.42 Å². The van der Waals surface area contributed by atoms with E-state index in [0.717, 1.165) is 24.0 Å². The van der Waals surface area contributed by atoms with E-state index in [-0.39, 0.29) is 11.8 Å². The maximum absolute atomic E-state index is 12.9. The Bertz CT molecular complexity index is 885. The van der Waals surface area contributed by atoms with Crippen LogP contribution < -0.4 is 10.0 Å². The normalized spacial score (nSPS) is 20.8. The highest BCUT2D eigenvalue weighted by molar-refractivity contribution is 7.94. The molecule has 5 nitrogen and oxygen atoms in total. The molecule has 4 rings (SSSR count). The Balaban J connectivity index is 1.65. The number of sulfonamides is 1. The number of anilines is 1. The van der Waals surface area contributed by atoms with Gasteiger partial charge in [-0.1, -0.05) is 18.2 Å². The Morgan fingerprint density at radius 1 is 1.08 bits per heavy atom. The molecule has 1 amide bonds. The summed E-state index contributed by atoms with van der Waals surface area (Å²) in [6, 6.07) is 9.25. The van der Waals surface area contributed by atoms with Crippen molar-refractivity contribution < 1.29 is 13.2 Å². The van der Waals surface area contributed by atoms with Gasteiger partial charge in [-0.05, 0) is 47.4 Å². The molecular formula is C17H18N2O3S2. The molecule has 1 aliphatic carbocycles. The van der Waals surface area contributed by atoms with Crippen LogP contribution in [0.4, 0.5) is 5.69 Å². The van der Waals surface area contributed by atoms with Gasteiger partial charge in [-0.3, -0.25) is 9.52 Å². The first-order valence-corrected chi connectivity index (χ1v) is 10.4. The highest BCUT2D eigenvalue weighted by Gasteiger charge is 2.32. The monoisotopic (exact) mass is 362 g/mol. The van der Waals surface area contributed by atoms with E-state index in [2.05, 4.69) is 10.0 Å². The second-order valence-corrected chi connectivity index (χ2v) is 9.13. The van der Waals surface area contributed by atoms with Crippen molar-refractivity contribution >= 4 is 33.0 Å². The molecule has 2 fully saturated rings. The number of carbonyl (C=O) groups excluding carboxylic acids is 1. The van der Waals surface area contributed by atoms with Crippen molar-refractivity contribution in [3.63, 3.8) is 0 Å². The molecule has 2 heterocycles. The van der Waals surface area contributed by atoms with E-state index in [1.54, 1.807) is 6.07 Å². The Labute approximate surface area is 145 Å². The molecule has 1 aliphatic heterocycles. The molecule has 1 saturated carbocycles. The average Bonchev–Trinajstić information content (AvgIpc) is 3.10. The molecule has 1 unspecified atom stereocenters. The lowest BCUT2D eigenvalue weighted by atomic mass is 9.97. The van der Waals surface area contributed by atoms with Crippen LogP contribution in [0.3, 0.4) is 0 Å². The Hall–Kier alpha value is -1.86. The highest BCUT2D eigenvalue weighted by Crippen LogP contribution is 2.45. The molecule has 1 saturated heterocycles. The number of rotatable bonds is 5. The first-order valence-electron chi connectivity index (χ1n) is 8.00. The first-order chi connectivity index (χ1) is 11.5. The minimum absolute atomic E-state index is 0.00244. The molecule has 0 bridgehead atoms. The lowest BCUT2D eigenvalue weighted by Crippen LogP contribution is -2.16. The van der Waals surface area contributed by atoms with Crippen molar-refractivity contribution in [2.45, 2.75) is 35.3 Å². The van der Waals surface area contributed by atoms with E-state index in [1.807, 2.05) is 29.6 Å². The van der Waals surface area contributed by atoms with Crippen LogP contribution >= 0.6 is 11.3 Å². The van der Waals surface area contributed by atoms with E-state index in [0.29, 0.717) is 28.8 Å². The number of para-hydroxylation sites is 1. The molecule has 7 heteroatoms. The number of benzene rings is 1. The van der Waals surface area contributed by atoms with Gasteiger partial charge in [0.25, 0.3) is 10.0 Å². The van der Waals surface area contributed by atoms with Crippen molar-refractivity contribution in [2.75, 3.05) is 11.3 Å². The molecule has 2 N–H and O–H groups in total. The third kappa shape index (κ3) is 2.93. The van der Waals surface area contributed by atoms with Gasteiger partial charge in [0.15, 0.2) is 0 Å². The van der Waals surface area contributed by atoms with Gasteiger partial charge in [-0.2, -0.15) is 0 Å². The van der Waals surface area contributed by atoms with Crippen molar-refractivity contribution in [1.82, 2.24) is 5.32 Å². The van der Waals surface area contributed by atoms with E-state index in [1.165, 1.54) is 11.3 Å². The van der Waals surface area contributed by atoms with Crippen molar-refractivity contribution in [1.29, 1.82) is 0 Å². The highest BCUT2D eigenvalue weighted by atomic mass is 32.2. The van der Waals surface area contributed by atoms with E-state index in [9.17, 15) is 13.2 Å². The van der Waals surface area contributed by atoms with Crippen LogP contribution in [-0.2, 0) is 14.8 Å². The Morgan fingerprint density at radius 3 is 2.58 bits per heavy atom. The van der Waals surface area contributed by atoms with Gasteiger partial charge < -0.3 is 5.32 Å². The second kappa shape index (κ2) is 5.89. The summed E-state index contributed by atoms with van der Waals surface area (Å²) >= 11 is 1.27. The van der Waals surface area contributed by atoms with E-state index in [4.69, 9.17) is 0 Å². The Kier molecular flexibility index (Phi) is 3.85. The summed E-state index contributed by atoms with van der Waals surface area (Å²) < 4.78 is 28.9. The van der Waals surface area contributed by atoms with Crippen molar-refractivity contribution in [2.24, 2.45) is 0 Å². The quantitative estimate of drug-likeness (QED) is 0.858. The molecule has 1 atom stereocenters. The molecule has 2 aliphatic rings. The zero-order valence-electron chi connectivity index (χ0n) is 13.0. The number of thiophene rings is 1. The van der Waals surface area contributed by atoms with Crippen LogP contribution in [0.15, 0.2) is 39.9 Å². The van der Waals surface area contributed by atoms with Crippen LogP contribution in [0.5, 0.6) is 0 Å². The largest absolute Gasteiger partial charge is 0.355 e. The minimum atomic E-state index is -3.61. The lowest BCUT2D eigenvalue weighted by molar-refractivity contribution is -0.119. The molecule has 0 spiro atoms. The number of hydrogen-bond donors (Lipinski definition) is 2. The predicted molar refractivity (Wildman–Crippen MR) is 93.9 cm³/mol. The minimum Gasteiger partial charge on any atom is -0.355 e. The molecule has 2 aromatic rings. The third-order valence-electron chi connectivity index (χ3n) is 4.54. The zero-order valence-corrected chi connectivity index (χ0v) is 14.6. The molecule has 1 aromatic carbocycles. The van der Waals surface area contributed by atoms with Crippen molar-refractivity contribution in [3.8, 4) is 0 Å². The summed E-state index contributed by atoms with van der Waals surface area (Å²) in [7, 11) is -3.61. The third-order valence-corrected chi connectivity index (χ3v) is 7.42. The van der Waals surface area contributed by atoms with Gasteiger partial charge in [0.1, 0.15) is 4.21 Å². The fourth-order valence-corrected chi connectivity index (χ4v) is 5.80. The summed E-state index contributed by atoms with van der Waals surface area (Å²) in [6.07, 6.45) is 2.52. The standard InChI is InChI=1S/C17H18N2O3S2/c20-16-9-12(10-18-16)13-3-1-2-4-15(13)19-24(21,22)17-14(7-8-23-17)11-5-6-11/h1-4,7-8,11-12,19H,5-6,9-10H2,(H,18,20). The molecule has 0 radical (unpaired) electrons. The molecular weight excluding hydrogens is 344 g/mol. The fourth-order valence-electron chi connectivity index (χ4n) is 3.18. The topological polar surface area (TPSA) is 75.3 Å². The van der Waals surface area contributed by atoms with Crippen molar-refractivity contribution in [3.05, 3.63) is 46.8 Å². The SMILES string of the molecule is O=C1CC(c2ccccc2NS(=O)(=O)c2sccc2C2CC2)CN1. The summed E-state index contributed by atoms with van der Waals surface area (Å²) in [5.74, 6) is 0.393. The average molecular weight is 362 g/mol. The summed E-state index contributed by atoms with van der Waals surface area (Å²) in [5, 5.41) is 4.64. The van der Waals surface area contributed by atoms with Gasteiger partial charge in [0.2, 0.25) is 5.91 Å². The molecule has 24 heavy (non-hydrogen) atoms. The van der Waals surface area contributed by atoms with Gasteiger partial charge in [-0.15, -0.1) is 11.3 Å². The van der Waals surface area contributed by atoms with Crippen LogP contribution in [0.1, 0.15) is 42.2 Å². The maximum atomic E-state index is 12.9. The fraction of sp³-hybridized carbons (Fsp3) is 0.353. The molecule has 1 aromatic heterocycles. The summed E-state index contributed by atoms with van der Waals surface area (Å²) in [4.78, 5) is 11.5. The number of nitrogens with one attached hydrogen (secondary N) is 2. The number of hydrogen-bond acceptors (Lipinski definition) is 4. The van der Waals surface area contributed by atoms with Crippen LogP contribution in [0, 0.1) is 0 Å². The van der Waals surface area contributed by atoms with E-state index >= 15 is 0 Å². The first kappa shape index (κ1) is 15.7. The maximum Gasteiger partial charge on any atom is 0.271 e. The van der Waals surface area contributed by atoms with Gasteiger partial charge in [0.05, 0.1) is 5.69 Å². The number of amides is 1. The number of carbonyl (C=O) groups is 1. The van der Waals surface area contributed by atoms with Crippen LogP contribution in [-0.4, -0.2) is 20.9 Å². The zero-order chi connectivity index (χ0) is 16.7. The summed E-state index contributed by atoms with van der Waals surface area (Å²) in [5.41, 5.74) is 2.36. The van der Waals surface area contributed by atoms with E-state index < -0.39 is 10.0 Å². The molecule has 126 valence electrons. The van der Waals surface area contributed by atoms with Crippen LogP contribution in [0.2, 0.25) is 0 Å². The second-order valence-electron chi connectivity index (χ2n) is 6.34.